The van der Waals surface area contributed by atoms with Crippen molar-refractivity contribution in [3.05, 3.63) is 71.6 Å². The van der Waals surface area contributed by atoms with Crippen molar-refractivity contribution in [3.8, 4) is 11.6 Å². The Morgan fingerprint density at radius 1 is 1.10 bits per heavy atom. The number of para-hydroxylation sites is 1. The van der Waals surface area contributed by atoms with Gasteiger partial charge in [-0.15, -0.1) is 10.2 Å². The quantitative estimate of drug-likeness (QED) is 0.493. The molecule has 0 aliphatic rings. The smallest absolute Gasteiger partial charge is 0.264 e. The first kappa shape index (κ1) is 19.9. The van der Waals surface area contributed by atoms with Crippen molar-refractivity contribution in [2.24, 2.45) is 5.92 Å². The van der Waals surface area contributed by atoms with Gasteiger partial charge in [0.15, 0.2) is 0 Å². The van der Waals surface area contributed by atoms with E-state index in [2.05, 4.69) is 29.4 Å². The van der Waals surface area contributed by atoms with Crippen LogP contribution in [0.1, 0.15) is 30.9 Å². The number of benzene rings is 2. The van der Waals surface area contributed by atoms with Gasteiger partial charge in [-0.1, -0.05) is 61.9 Å². The van der Waals surface area contributed by atoms with E-state index in [0.29, 0.717) is 24.2 Å². The summed E-state index contributed by atoms with van der Waals surface area (Å²) in [6, 6.07) is 18.1. The number of aromatic nitrogens is 3. The predicted octanol–water partition coefficient (Wildman–Crippen LogP) is 4.51. The van der Waals surface area contributed by atoms with Gasteiger partial charge in [0.2, 0.25) is 11.8 Å². The van der Waals surface area contributed by atoms with E-state index in [4.69, 9.17) is 4.42 Å². The van der Waals surface area contributed by atoms with Gasteiger partial charge in [0.25, 0.3) is 5.89 Å². The van der Waals surface area contributed by atoms with Gasteiger partial charge in [-0.3, -0.25) is 4.79 Å². The maximum absolute atomic E-state index is 12.7. The van der Waals surface area contributed by atoms with E-state index >= 15 is 0 Å². The van der Waals surface area contributed by atoms with Crippen molar-refractivity contribution >= 4 is 16.8 Å². The summed E-state index contributed by atoms with van der Waals surface area (Å²) in [5, 5.41) is 12.4. The first-order chi connectivity index (χ1) is 14.5. The summed E-state index contributed by atoms with van der Waals surface area (Å²) in [7, 11) is 0. The van der Waals surface area contributed by atoms with Crippen molar-refractivity contribution in [1.29, 1.82) is 0 Å². The van der Waals surface area contributed by atoms with Crippen LogP contribution in [0.4, 0.5) is 0 Å². The molecule has 4 aromatic rings. The molecule has 2 aromatic heterocycles. The first-order valence-electron chi connectivity index (χ1n) is 10.2. The molecule has 1 amide bonds. The molecule has 2 heterocycles. The van der Waals surface area contributed by atoms with E-state index in [1.807, 2.05) is 66.1 Å². The van der Waals surface area contributed by atoms with Crippen molar-refractivity contribution in [2.75, 3.05) is 0 Å². The molecule has 0 unspecified atom stereocenters. The van der Waals surface area contributed by atoms with Gasteiger partial charge in [0.05, 0.1) is 0 Å². The van der Waals surface area contributed by atoms with Crippen LogP contribution in [0.2, 0.25) is 0 Å². The molecule has 0 bridgehead atoms. The van der Waals surface area contributed by atoms with Gasteiger partial charge < -0.3 is 14.3 Å². The summed E-state index contributed by atoms with van der Waals surface area (Å²) in [5.41, 5.74) is 3.98. The molecule has 2 aromatic carbocycles. The van der Waals surface area contributed by atoms with E-state index in [1.165, 1.54) is 5.56 Å². The van der Waals surface area contributed by atoms with Gasteiger partial charge in [-0.05, 0) is 30.5 Å². The van der Waals surface area contributed by atoms with E-state index in [9.17, 15) is 4.79 Å². The van der Waals surface area contributed by atoms with Crippen molar-refractivity contribution in [3.63, 3.8) is 0 Å². The maximum atomic E-state index is 12.7. The van der Waals surface area contributed by atoms with Crippen LogP contribution in [-0.2, 0) is 24.3 Å². The monoisotopic (exact) mass is 402 g/mol. The molecular formula is C24H26N4O2. The van der Waals surface area contributed by atoms with E-state index < -0.39 is 0 Å². The summed E-state index contributed by atoms with van der Waals surface area (Å²) in [4.78, 5) is 12.7. The summed E-state index contributed by atoms with van der Waals surface area (Å²) in [6.07, 6.45) is 0.726. The topological polar surface area (TPSA) is 73.0 Å². The van der Waals surface area contributed by atoms with Crippen LogP contribution in [0, 0.1) is 12.8 Å². The molecule has 4 rings (SSSR count). The third kappa shape index (κ3) is 4.43. The lowest BCUT2D eigenvalue weighted by Crippen LogP contribution is -2.27. The highest BCUT2D eigenvalue weighted by molar-refractivity contribution is 5.88. The van der Waals surface area contributed by atoms with E-state index in [-0.39, 0.29) is 12.5 Å². The number of rotatable bonds is 7. The molecular weight excluding hydrogens is 376 g/mol. The fourth-order valence-corrected chi connectivity index (χ4v) is 3.45. The molecule has 0 aliphatic heterocycles. The van der Waals surface area contributed by atoms with Gasteiger partial charge in [-0.2, -0.15) is 0 Å². The lowest BCUT2D eigenvalue weighted by atomic mass is 10.1. The molecule has 0 fully saturated rings. The molecule has 6 heteroatoms. The van der Waals surface area contributed by atoms with Crippen molar-refractivity contribution in [2.45, 2.75) is 40.3 Å². The van der Waals surface area contributed by atoms with Crippen LogP contribution < -0.4 is 5.32 Å². The summed E-state index contributed by atoms with van der Waals surface area (Å²) in [6.45, 7) is 6.94. The Hall–Kier alpha value is -3.41. The zero-order valence-electron chi connectivity index (χ0n) is 17.6. The molecule has 30 heavy (non-hydrogen) atoms. The number of nitrogens with zero attached hydrogens (tertiary/aromatic N) is 3. The molecule has 0 atom stereocenters. The third-order valence-electron chi connectivity index (χ3n) is 4.99. The predicted molar refractivity (Wildman–Crippen MR) is 117 cm³/mol. The van der Waals surface area contributed by atoms with Crippen molar-refractivity contribution < 1.29 is 9.21 Å². The highest BCUT2D eigenvalue weighted by atomic mass is 16.4. The van der Waals surface area contributed by atoms with Gasteiger partial charge in [-0.25, -0.2) is 0 Å². The Morgan fingerprint density at radius 3 is 2.63 bits per heavy atom. The normalized spacial score (nSPS) is 11.3. The fraction of sp³-hybridized carbons (Fsp3) is 0.292. The summed E-state index contributed by atoms with van der Waals surface area (Å²) in [5.74, 6) is 1.41. The fourth-order valence-electron chi connectivity index (χ4n) is 3.45. The highest BCUT2D eigenvalue weighted by Gasteiger charge is 2.18. The van der Waals surface area contributed by atoms with Crippen molar-refractivity contribution in [1.82, 2.24) is 20.1 Å². The Labute approximate surface area is 175 Å². The van der Waals surface area contributed by atoms with Gasteiger partial charge in [0, 0.05) is 23.9 Å². The number of hydrogen-bond donors (Lipinski definition) is 1. The summed E-state index contributed by atoms with van der Waals surface area (Å²) < 4.78 is 7.84. The van der Waals surface area contributed by atoms with Gasteiger partial charge in [0.1, 0.15) is 12.2 Å². The molecule has 6 nitrogen and oxygen atoms in total. The average Bonchev–Trinajstić information content (AvgIpc) is 3.32. The second kappa shape index (κ2) is 8.53. The molecule has 154 valence electrons. The number of hydrogen-bond acceptors (Lipinski definition) is 4. The van der Waals surface area contributed by atoms with Crippen LogP contribution in [0.5, 0.6) is 0 Å². The number of fused-ring (bicyclic) bond motifs is 1. The second-order valence-electron chi connectivity index (χ2n) is 8.04. The molecule has 0 radical (unpaired) electrons. The Kier molecular flexibility index (Phi) is 5.65. The van der Waals surface area contributed by atoms with Crippen LogP contribution in [0.3, 0.4) is 0 Å². The molecule has 1 N–H and O–H groups in total. The number of aryl methyl sites for hydroxylation is 1. The number of amides is 1. The van der Waals surface area contributed by atoms with Crippen LogP contribution >= 0.6 is 0 Å². The number of carbonyl (C=O) groups excluding carboxylic acids is 1. The van der Waals surface area contributed by atoms with Gasteiger partial charge >= 0.3 is 0 Å². The van der Waals surface area contributed by atoms with Crippen LogP contribution in [-0.4, -0.2) is 20.7 Å². The molecule has 0 saturated carbocycles. The lowest BCUT2D eigenvalue weighted by molar-refractivity contribution is -0.121. The standard InChI is InChI=1S/C24H26N4O2/c1-16(2)12-23-26-27-24(30-23)21-13-19-6-4-5-7-20(19)28(21)15-22(29)25-14-18-10-8-17(3)9-11-18/h4-11,13,16H,12,14-15H2,1-3H3,(H,25,29). The Balaban J connectivity index is 1.57. The molecule has 0 aliphatic carbocycles. The Bertz CT molecular complexity index is 1160. The summed E-state index contributed by atoms with van der Waals surface area (Å²) >= 11 is 0. The molecule has 0 saturated heterocycles. The SMILES string of the molecule is Cc1ccc(CNC(=O)Cn2c(-c3nnc(CC(C)C)o3)cc3ccccc32)cc1. The minimum Gasteiger partial charge on any atom is -0.419 e. The minimum absolute atomic E-state index is 0.0694. The van der Waals surface area contributed by atoms with Crippen LogP contribution in [0.25, 0.3) is 22.5 Å². The highest BCUT2D eigenvalue weighted by Crippen LogP contribution is 2.28. The van der Waals surface area contributed by atoms with E-state index in [1.54, 1.807) is 0 Å². The second-order valence-corrected chi connectivity index (χ2v) is 8.04. The van der Waals surface area contributed by atoms with E-state index in [0.717, 1.165) is 28.6 Å². The number of carbonyl (C=O) groups is 1. The maximum Gasteiger partial charge on any atom is 0.264 e. The first-order valence-corrected chi connectivity index (χ1v) is 10.2. The lowest BCUT2D eigenvalue weighted by Gasteiger charge is -2.10. The largest absolute Gasteiger partial charge is 0.419 e. The minimum atomic E-state index is -0.0694. The number of nitrogens with one attached hydrogen (secondary N) is 1. The third-order valence-corrected chi connectivity index (χ3v) is 4.99. The zero-order chi connectivity index (χ0) is 21.1. The Morgan fingerprint density at radius 2 is 1.87 bits per heavy atom. The van der Waals surface area contributed by atoms with Crippen LogP contribution in [0.15, 0.2) is 59.0 Å². The zero-order valence-corrected chi connectivity index (χ0v) is 17.6. The average molecular weight is 402 g/mol. The molecule has 0 spiro atoms.